The molecule has 102 valence electrons. The van der Waals surface area contributed by atoms with Crippen LogP contribution in [0.1, 0.15) is 36.8 Å². The molecule has 0 aromatic heterocycles. The number of hydrogen-bond acceptors (Lipinski definition) is 2. The lowest BCUT2D eigenvalue weighted by molar-refractivity contribution is -0.128. The largest absolute Gasteiger partial charge is 0.353 e. The number of rotatable bonds is 2. The molecule has 19 heavy (non-hydrogen) atoms. The quantitative estimate of drug-likeness (QED) is 0.882. The Bertz CT molecular complexity index is 477. The van der Waals surface area contributed by atoms with Crippen molar-refractivity contribution in [3.8, 4) is 0 Å². The first kappa shape index (κ1) is 12.7. The summed E-state index contributed by atoms with van der Waals surface area (Å²) in [6.07, 6.45) is 5.03. The van der Waals surface area contributed by atoms with Crippen LogP contribution in [0, 0.1) is 6.92 Å². The van der Waals surface area contributed by atoms with Gasteiger partial charge in [0, 0.05) is 18.6 Å². The van der Waals surface area contributed by atoms with Crippen molar-refractivity contribution in [2.24, 2.45) is 0 Å². The second-order valence-electron chi connectivity index (χ2n) is 5.99. The minimum Gasteiger partial charge on any atom is -0.353 e. The van der Waals surface area contributed by atoms with Crippen molar-refractivity contribution in [3.05, 3.63) is 35.4 Å². The number of benzene rings is 1. The number of nitrogens with one attached hydrogen (secondary N) is 1. The summed E-state index contributed by atoms with van der Waals surface area (Å²) in [5.74, 6) is 0.172. The molecule has 1 saturated carbocycles. The van der Waals surface area contributed by atoms with E-state index in [1.54, 1.807) is 0 Å². The SMILES string of the molecule is Cc1ccccc1CN1CC(=O)NCC12CCCC2. The van der Waals surface area contributed by atoms with Gasteiger partial charge >= 0.3 is 0 Å². The van der Waals surface area contributed by atoms with E-state index < -0.39 is 0 Å². The van der Waals surface area contributed by atoms with Crippen LogP contribution in [0.4, 0.5) is 0 Å². The maximum absolute atomic E-state index is 11.7. The molecule has 1 spiro atoms. The molecular formula is C16H22N2O. The normalized spacial score (nSPS) is 22.7. The van der Waals surface area contributed by atoms with Gasteiger partial charge < -0.3 is 5.32 Å². The van der Waals surface area contributed by atoms with Crippen molar-refractivity contribution in [2.45, 2.75) is 44.7 Å². The van der Waals surface area contributed by atoms with Crippen molar-refractivity contribution >= 4 is 5.91 Å². The van der Waals surface area contributed by atoms with Gasteiger partial charge in [-0.25, -0.2) is 0 Å². The molecule has 2 fully saturated rings. The molecule has 1 aromatic rings. The molecule has 1 heterocycles. The molecule has 1 aliphatic carbocycles. The second kappa shape index (κ2) is 4.97. The lowest BCUT2D eigenvalue weighted by Crippen LogP contribution is -2.61. The predicted octanol–water partition coefficient (Wildman–Crippen LogP) is 2.24. The summed E-state index contributed by atoms with van der Waals surface area (Å²) < 4.78 is 0. The average molecular weight is 258 g/mol. The first-order valence-electron chi connectivity index (χ1n) is 7.26. The molecule has 0 unspecified atom stereocenters. The van der Waals surface area contributed by atoms with E-state index in [1.165, 1.54) is 36.8 Å². The fraction of sp³-hybridized carbons (Fsp3) is 0.562. The summed E-state index contributed by atoms with van der Waals surface area (Å²) >= 11 is 0. The summed E-state index contributed by atoms with van der Waals surface area (Å²) in [5, 5.41) is 3.06. The summed E-state index contributed by atoms with van der Waals surface area (Å²) in [4.78, 5) is 14.2. The maximum atomic E-state index is 11.7. The zero-order valence-electron chi connectivity index (χ0n) is 11.6. The third-order valence-corrected chi connectivity index (χ3v) is 4.78. The smallest absolute Gasteiger partial charge is 0.234 e. The van der Waals surface area contributed by atoms with E-state index in [-0.39, 0.29) is 11.4 Å². The van der Waals surface area contributed by atoms with Crippen LogP contribution in [-0.4, -0.2) is 29.4 Å². The summed E-state index contributed by atoms with van der Waals surface area (Å²) in [7, 11) is 0. The van der Waals surface area contributed by atoms with Crippen molar-refractivity contribution in [1.82, 2.24) is 10.2 Å². The topological polar surface area (TPSA) is 32.3 Å². The third kappa shape index (κ3) is 2.39. The van der Waals surface area contributed by atoms with Gasteiger partial charge in [-0.15, -0.1) is 0 Å². The van der Waals surface area contributed by atoms with E-state index >= 15 is 0 Å². The molecule has 1 amide bonds. The van der Waals surface area contributed by atoms with Crippen LogP contribution in [0.2, 0.25) is 0 Å². The number of piperazine rings is 1. The molecule has 1 aliphatic heterocycles. The Morgan fingerprint density at radius 1 is 1.26 bits per heavy atom. The minimum atomic E-state index is 0.172. The van der Waals surface area contributed by atoms with Crippen molar-refractivity contribution in [3.63, 3.8) is 0 Å². The van der Waals surface area contributed by atoms with Crippen LogP contribution in [-0.2, 0) is 11.3 Å². The fourth-order valence-corrected chi connectivity index (χ4v) is 3.51. The summed E-state index contributed by atoms with van der Waals surface area (Å²) in [5.41, 5.74) is 2.89. The standard InChI is InChI=1S/C16H22N2O/c1-13-6-2-3-7-14(13)10-18-11-15(19)17-12-16(18)8-4-5-9-16/h2-3,6-7H,4-5,8-12H2,1H3,(H,17,19). The maximum Gasteiger partial charge on any atom is 0.234 e. The lowest BCUT2D eigenvalue weighted by Gasteiger charge is -2.45. The molecule has 1 aromatic carbocycles. The fourth-order valence-electron chi connectivity index (χ4n) is 3.51. The third-order valence-electron chi connectivity index (χ3n) is 4.78. The van der Waals surface area contributed by atoms with Crippen LogP contribution < -0.4 is 5.32 Å². The van der Waals surface area contributed by atoms with Gasteiger partial charge in [0.2, 0.25) is 5.91 Å². The van der Waals surface area contributed by atoms with Crippen molar-refractivity contribution in [2.75, 3.05) is 13.1 Å². The first-order valence-corrected chi connectivity index (χ1v) is 7.26. The monoisotopic (exact) mass is 258 g/mol. The van der Waals surface area contributed by atoms with Crippen molar-refractivity contribution < 1.29 is 4.79 Å². The molecule has 0 bridgehead atoms. The highest BCUT2D eigenvalue weighted by atomic mass is 16.2. The Morgan fingerprint density at radius 3 is 2.74 bits per heavy atom. The molecule has 3 heteroatoms. The van der Waals surface area contributed by atoms with Crippen LogP contribution in [0.15, 0.2) is 24.3 Å². The van der Waals surface area contributed by atoms with Gasteiger partial charge in [0.1, 0.15) is 0 Å². The van der Waals surface area contributed by atoms with Gasteiger partial charge in [0.25, 0.3) is 0 Å². The van der Waals surface area contributed by atoms with Gasteiger partial charge in [-0.05, 0) is 30.9 Å². The zero-order valence-corrected chi connectivity index (χ0v) is 11.6. The summed E-state index contributed by atoms with van der Waals surface area (Å²) in [6, 6.07) is 8.51. The van der Waals surface area contributed by atoms with E-state index in [4.69, 9.17) is 0 Å². The van der Waals surface area contributed by atoms with Gasteiger partial charge in [-0.2, -0.15) is 0 Å². The van der Waals surface area contributed by atoms with E-state index in [0.717, 1.165) is 13.1 Å². The summed E-state index contributed by atoms with van der Waals surface area (Å²) in [6.45, 7) is 4.44. The van der Waals surface area contributed by atoms with E-state index in [2.05, 4.69) is 41.4 Å². The van der Waals surface area contributed by atoms with Gasteiger partial charge in [-0.1, -0.05) is 37.1 Å². The van der Waals surface area contributed by atoms with E-state index in [0.29, 0.717) is 6.54 Å². The Hall–Kier alpha value is -1.35. The van der Waals surface area contributed by atoms with Gasteiger partial charge in [-0.3, -0.25) is 9.69 Å². The highest BCUT2D eigenvalue weighted by Crippen LogP contribution is 2.37. The average Bonchev–Trinajstić information content (AvgIpc) is 2.87. The molecule has 0 atom stereocenters. The van der Waals surface area contributed by atoms with Crippen LogP contribution in [0.3, 0.4) is 0 Å². The number of aryl methyl sites for hydroxylation is 1. The first-order chi connectivity index (χ1) is 9.20. The molecule has 2 aliphatic rings. The molecule has 1 saturated heterocycles. The lowest BCUT2D eigenvalue weighted by atomic mass is 9.91. The Labute approximate surface area is 115 Å². The highest BCUT2D eigenvalue weighted by molar-refractivity contribution is 5.79. The predicted molar refractivity (Wildman–Crippen MR) is 75.8 cm³/mol. The van der Waals surface area contributed by atoms with Crippen LogP contribution in [0.5, 0.6) is 0 Å². The second-order valence-corrected chi connectivity index (χ2v) is 5.99. The highest BCUT2D eigenvalue weighted by Gasteiger charge is 2.43. The Morgan fingerprint density at radius 2 is 2.00 bits per heavy atom. The molecule has 3 rings (SSSR count). The van der Waals surface area contributed by atoms with Crippen LogP contribution in [0.25, 0.3) is 0 Å². The number of hydrogen-bond donors (Lipinski definition) is 1. The zero-order chi connectivity index (χ0) is 13.3. The van der Waals surface area contributed by atoms with Gasteiger partial charge in [0.05, 0.1) is 6.54 Å². The molecule has 3 nitrogen and oxygen atoms in total. The number of amides is 1. The number of nitrogens with zero attached hydrogens (tertiary/aromatic N) is 1. The van der Waals surface area contributed by atoms with Gasteiger partial charge in [0.15, 0.2) is 0 Å². The van der Waals surface area contributed by atoms with Crippen LogP contribution >= 0.6 is 0 Å². The molecule has 1 N–H and O–H groups in total. The van der Waals surface area contributed by atoms with E-state index in [9.17, 15) is 4.79 Å². The number of carbonyl (C=O) groups excluding carboxylic acids is 1. The Balaban J connectivity index is 1.83. The van der Waals surface area contributed by atoms with Crippen molar-refractivity contribution in [1.29, 1.82) is 0 Å². The Kier molecular flexibility index (Phi) is 3.31. The minimum absolute atomic E-state index is 0.172. The number of carbonyl (C=O) groups is 1. The molecule has 0 radical (unpaired) electrons. The molecular weight excluding hydrogens is 236 g/mol. The van der Waals surface area contributed by atoms with E-state index in [1.807, 2.05) is 0 Å².